The lowest BCUT2D eigenvalue weighted by molar-refractivity contribution is -0.385. The summed E-state index contributed by atoms with van der Waals surface area (Å²) < 4.78 is 0. The van der Waals surface area contributed by atoms with Crippen molar-refractivity contribution in [2.75, 3.05) is 29.5 Å². The van der Waals surface area contributed by atoms with Gasteiger partial charge in [-0.15, -0.1) is 0 Å². The summed E-state index contributed by atoms with van der Waals surface area (Å²) in [4.78, 5) is 54.5. The number of hydrogen-bond acceptors (Lipinski definition) is 7. The SMILES string of the molecule is C[C@H](/C=C/CC(=O)N(CCO)Cc1ccccc1)[C@@]1(O)C(=O)N(Cc2cccc(N3CCC3=O)c2)c2ccc([N+](=O)[O-])cc21. The topological polar surface area (TPSA) is 145 Å². The van der Waals surface area contributed by atoms with E-state index < -0.39 is 22.3 Å². The van der Waals surface area contributed by atoms with Gasteiger partial charge in [0.05, 0.1) is 23.8 Å². The number of benzene rings is 3. The van der Waals surface area contributed by atoms with E-state index in [1.54, 1.807) is 30.0 Å². The molecule has 228 valence electrons. The first-order valence-electron chi connectivity index (χ1n) is 14.4. The van der Waals surface area contributed by atoms with Gasteiger partial charge in [-0.3, -0.25) is 24.5 Å². The molecule has 44 heavy (non-hydrogen) atoms. The Hall–Kier alpha value is -4.87. The lowest BCUT2D eigenvalue weighted by atomic mass is 9.82. The van der Waals surface area contributed by atoms with Crippen molar-refractivity contribution in [1.82, 2.24) is 4.90 Å². The molecule has 0 radical (unpaired) electrons. The summed E-state index contributed by atoms with van der Waals surface area (Å²) >= 11 is 0. The largest absolute Gasteiger partial charge is 0.395 e. The number of hydrogen-bond donors (Lipinski definition) is 2. The number of carbonyl (C=O) groups is 3. The Morgan fingerprint density at radius 1 is 1.09 bits per heavy atom. The lowest BCUT2D eigenvalue weighted by Crippen LogP contribution is -2.44. The molecule has 2 aliphatic heterocycles. The summed E-state index contributed by atoms with van der Waals surface area (Å²) in [6.45, 7) is 2.59. The van der Waals surface area contributed by atoms with Gasteiger partial charge < -0.3 is 24.9 Å². The van der Waals surface area contributed by atoms with Gasteiger partial charge in [-0.05, 0) is 29.3 Å². The second kappa shape index (κ2) is 12.8. The van der Waals surface area contributed by atoms with Gasteiger partial charge in [0, 0.05) is 61.8 Å². The number of rotatable bonds is 12. The number of β-lactam (4-membered cyclic amide) rings is 1. The minimum absolute atomic E-state index is 0.0186. The minimum atomic E-state index is -2.12. The van der Waals surface area contributed by atoms with E-state index in [4.69, 9.17) is 0 Å². The number of aliphatic hydroxyl groups is 2. The fourth-order valence-electron chi connectivity index (χ4n) is 5.66. The van der Waals surface area contributed by atoms with Gasteiger partial charge in [-0.2, -0.15) is 0 Å². The van der Waals surface area contributed by atoms with Crippen LogP contribution >= 0.6 is 0 Å². The molecule has 0 saturated carbocycles. The molecule has 2 aliphatic rings. The molecular formula is C33H34N4O7. The first kappa shape index (κ1) is 30.6. The molecule has 0 aromatic heterocycles. The maximum Gasteiger partial charge on any atom is 0.269 e. The van der Waals surface area contributed by atoms with Crippen LogP contribution in [0.3, 0.4) is 0 Å². The normalized spacial score (nSPS) is 18.3. The number of non-ortho nitro benzene ring substituents is 1. The Morgan fingerprint density at radius 2 is 1.84 bits per heavy atom. The molecule has 1 fully saturated rings. The van der Waals surface area contributed by atoms with Gasteiger partial charge in [-0.25, -0.2) is 0 Å². The van der Waals surface area contributed by atoms with E-state index in [9.17, 15) is 34.7 Å². The molecule has 3 amide bonds. The second-order valence-electron chi connectivity index (χ2n) is 11.0. The zero-order valence-corrected chi connectivity index (χ0v) is 24.3. The van der Waals surface area contributed by atoms with Crippen molar-refractivity contribution >= 4 is 34.8 Å². The Morgan fingerprint density at radius 3 is 2.50 bits per heavy atom. The summed E-state index contributed by atoms with van der Waals surface area (Å²) in [5, 5.41) is 33.1. The highest BCUT2D eigenvalue weighted by atomic mass is 16.6. The van der Waals surface area contributed by atoms with E-state index in [0.717, 1.165) is 11.1 Å². The smallest absolute Gasteiger partial charge is 0.269 e. The molecule has 0 spiro atoms. The Balaban J connectivity index is 1.38. The van der Waals surface area contributed by atoms with Crippen LogP contribution in [0.4, 0.5) is 17.1 Å². The summed E-state index contributed by atoms with van der Waals surface area (Å²) in [6.07, 6.45) is 3.59. The predicted molar refractivity (Wildman–Crippen MR) is 163 cm³/mol. The van der Waals surface area contributed by atoms with E-state index >= 15 is 0 Å². The summed E-state index contributed by atoms with van der Waals surface area (Å²) in [6, 6.07) is 20.6. The minimum Gasteiger partial charge on any atom is -0.395 e. The van der Waals surface area contributed by atoms with Gasteiger partial charge in [0.2, 0.25) is 11.8 Å². The molecule has 0 bridgehead atoms. The van der Waals surface area contributed by atoms with Crippen LogP contribution in [0.5, 0.6) is 0 Å². The predicted octanol–water partition coefficient (Wildman–Crippen LogP) is 3.67. The van der Waals surface area contributed by atoms with Crippen LogP contribution in [0.1, 0.15) is 36.5 Å². The van der Waals surface area contributed by atoms with Gasteiger partial charge in [0.25, 0.3) is 11.6 Å². The third-order valence-electron chi connectivity index (χ3n) is 8.19. The highest BCUT2D eigenvalue weighted by Crippen LogP contribution is 2.47. The molecule has 1 saturated heterocycles. The van der Waals surface area contributed by atoms with Gasteiger partial charge in [0.1, 0.15) is 0 Å². The van der Waals surface area contributed by atoms with Crippen LogP contribution < -0.4 is 9.80 Å². The molecule has 0 unspecified atom stereocenters. The van der Waals surface area contributed by atoms with Crippen molar-refractivity contribution in [3.63, 3.8) is 0 Å². The Bertz CT molecular complexity index is 1610. The molecule has 11 nitrogen and oxygen atoms in total. The van der Waals surface area contributed by atoms with Crippen LogP contribution in [0.2, 0.25) is 0 Å². The maximum absolute atomic E-state index is 13.9. The van der Waals surface area contributed by atoms with E-state index in [1.807, 2.05) is 48.5 Å². The van der Waals surface area contributed by atoms with Gasteiger partial charge in [0.15, 0.2) is 5.60 Å². The molecular weight excluding hydrogens is 564 g/mol. The van der Waals surface area contributed by atoms with Crippen LogP contribution in [0.15, 0.2) is 84.9 Å². The Labute approximate surface area is 254 Å². The van der Waals surface area contributed by atoms with Crippen LogP contribution in [0, 0.1) is 16.0 Å². The lowest BCUT2D eigenvalue weighted by Gasteiger charge is -2.31. The van der Waals surface area contributed by atoms with E-state index in [1.165, 1.54) is 28.0 Å². The van der Waals surface area contributed by atoms with Crippen molar-refractivity contribution < 1.29 is 29.5 Å². The molecule has 2 atom stereocenters. The van der Waals surface area contributed by atoms with Crippen molar-refractivity contribution in [3.05, 3.63) is 112 Å². The van der Waals surface area contributed by atoms with E-state index in [0.29, 0.717) is 30.9 Å². The molecule has 11 heteroatoms. The highest BCUT2D eigenvalue weighted by Gasteiger charge is 2.53. The third kappa shape index (κ3) is 5.97. The first-order chi connectivity index (χ1) is 21.1. The fraction of sp³-hybridized carbons (Fsp3) is 0.303. The molecule has 0 aliphatic carbocycles. The number of nitrogens with zero attached hydrogens (tertiary/aromatic N) is 4. The number of amides is 3. The number of carbonyl (C=O) groups excluding carboxylic acids is 3. The third-order valence-corrected chi connectivity index (χ3v) is 8.19. The average Bonchev–Trinajstić information content (AvgIpc) is 3.22. The molecule has 3 aromatic carbocycles. The second-order valence-corrected chi connectivity index (χ2v) is 11.0. The number of fused-ring (bicyclic) bond motifs is 1. The number of aliphatic hydroxyl groups excluding tert-OH is 1. The summed E-state index contributed by atoms with van der Waals surface area (Å²) in [7, 11) is 0. The van der Waals surface area contributed by atoms with Crippen molar-refractivity contribution in [3.8, 4) is 0 Å². The Kier molecular flexibility index (Phi) is 8.88. The zero-order chi connectivity index (χ0) is 31.4. The molecule has 3 aromatic rings. The van der Waals surface area contributed by atoms with Crippen LogP contribution in [-0.2, 0) is 33.1 Å². The van der Waals surface area contributed by atoms with E-state index in [-0.39, 0.29) is 49.2 Å². The van der Waals surface area contributed by atoms with Crippen LogP contribution in [-0.4, -0.2) is 57.5 Å². The van der Waals surface area contributed by atoms with Crippen LogP contribution in [0.25, 0.3) is 0 Å². The number of nitro benzene ring substituents is 1. The average molecular weight is 599 g/mol. The quantitative estimate of drug-likeness (QED) is 0.140. The maximum atomic E-state index is 13.9. The van der Waals surface area contributed by atoms with Crippen molar-refractivity contribution in [2.24, 2.45) is 5.92 Å². The standard InChI is InChI=1S/C33H34N4O7/c1-23(7-5-12-30(39)34(17-18-38)21-24-8-3-2-4-9-24)33(42)28-20-27(37(43)44)13-14-29(28)36(32(33)41)22-25-10-6-11-26(19-25)35-16-15-31(35)40/h2-11,13-14,19-20,23,38,42H,12,15-18,21-22H2,1H3/b7-5+/t23-,33+/m1/s1. The van der Waals surface area contributed by atoms with E-state index in [2.05, 4.69) is 0 Å². The zero-order valence-electron chi connectivity index (χ0n) is 24.3. The van der Waals surface area contributed by atoms with Crippen molar-refractivity contribution in [2.45, 2.75) is 38.5 Å². The molecule has 2 N–H and O–H groups in total. The molecule has 2 heterocycles. The van der Waals surface area contributed by atoms with Gasteiger partial charge >= 0.3 is 0 Å². The summed E-state index contributed by atoms with van der Waals surface area (Å²) in [5.74, 6) is -1.72. The van der Waals surface area contributed by atoms with Crippen molar-refractivity contribution in [1.29, 1.82) is 0 Å². The molecule has 5 rings (SSSR count). The fourth-order valence-corrected chi connectivity index (χ4v) is 5.66. The highest BCUT2D eigenvalue weighted by molar-refractivity contribution is 6.07. The summed E-state index contributed by atoms with van der Waals surface area (Å²) in [5.41, 5.74) is 0.427. The number of anilines is 2. The van der Waals surface area contributed by atoms with Gasteiger partial charge in [-0.1, -0.05) is 61.5 Å². The first-order valence-corrected chi connectivity index (χ1v) is 14.4. The monoisotopic (exact) mass is 598 g/mol. The number of nitro groups is 1.